The second kappa shape index (κ2) is 12.0. The van der Waals surface area contributed by atoms with E-state index in [-0.39, 0.29) is 16.5 Å². The molecule has 1 unspecified atom stereocenters. The van der Waals surface area contributed by atoms with E-state index in [0.717, 1.165) is 19.3 Å². The third kappa shape index (κ3) is 5.95. The number of imidazole rings is 1. The van der Waals surface area contributed by atoms with Gasteiger partial charge in [0.1, 0.15) is 5.75 Å². The van der Waals surface area contributed by atoms with Gasteiger partial charge in [-0.1, -0.05) is 56.8 Å². The lowest BCUT2D eigenvalue weighted by molar-refractivity contribution is -0.129. The summed E-state index contributed by atoms with van der Waals surface area (Å²) in [4.78, 5) is 18.5. The van der Waals surface area contributed by atoms with E-state index in [0.29, 0.717) is 42.1 Å². The number of halogens is 2. The van der Waals surface area contributed by atoms with Crippen molar-refractivity contribution in [1.82, 2.24) is 14.5 Å². The second-order valence-electron chi connectivity index (χ2n) is 7.21. The Balaban J connectivity index is 0.00000166. The van der Waals surface area contributed by atoms with E-state index in [1.54, 1.807) is 23.5 Å². The molecule has 2 N–H and O–H groups in total. The highest BCUT2D eigenvalue weighted by atomic mass is 35.5. The number of phenols is 1. The predicted octanol–water partition coefficient (Wildman–Crippen LogP) is 6.29. The first kappa shape index (κ1) is 25.1. The number of aromatic hydroxyl groups is 1. The lowest BCUT2D eigenvalue weighted by Crippen LogP contribution is -2.32. The first-order chi connectivity index (χ1) is 14.9. The highest BCUT2D eigenvalue weighted by Crippen LogP contribution is 2.45. The van der Waals surface area contributed by atoms with Crippen molar-refractivity contribution in [2.45, 2.75) is 65.5 Å². The second-order valence-corrected chi connectivity index (χ2v) is 8.06. The minimum Gasteiger partial charge on any atom is -0.506 e. The first-order valence-electron chi connectivity index (χ1n) is 10.8. The van der Waals surface area contributed by atoms with Gasteiger partial charge in [-0.25, -0.2) is 4.98 Å². The fourth-order valence-corrected chi connectivity index (χ4v) is 4.26. The van der Waals surface area contributed by atoms with Crippen molar-refractivity contribution in [2.24, 2.45) is 0 Å². The average Bonchev–Trinajstić information content (AvgIpc) is 3.35. The first-order valence-corrected chi connectivity index (χ1v) is 11.6. The van der Waals surface area contributed by atoms with Crippen LogP contribution in [0.2, 0.25) is 10.0 Å². The quantitative estimate of drug-likeness (QED) is 0.424. The normalized spacial score (nSPS) is 16.0. The molecule has 0 saturated heterocycles. The summed E-state index contributed by atoms with van der Waals surface area (Å²) < 4.78 is 1.93. The Morgan fingerprint density at radius 2 is 1.84 bits per heavy atom. The van der Waals surface area contributed by atoms with Crippen LogP contribution in [0.3, 0.4) is 0 Å². The smallest absolute Gasteiger partial charge is 0.289 e. The minimum absolute atomic E-state index is 0.115. The highest BCUT2D eigenvalue weighted by molar-refractivity contribution is 6.35. The van der Waals surface area contributed by atoms with Gasteiger partial charge in [0.25, 0.3) is 5.91 Å². The van der Waals surface area contributed by atoms with Crippen LogP contribution < -0.4 is 0 Å². The van der Waals surface area contributed by atoms with Gasteiger partial charge in [0, 0.05) is 41.6 Å². The van der Waals surface area contributed by atoms with Crippen molar-refractivity contribution in [3.05, 3.63) is 57.8 Å². The summed E-state index contributed by atoms with van der Waals surface area (Å²) in [7, 11) is 0. The number of phenolic OH excluding ortho intramolecular Hbond substituents is 1. The number of aliphatic hydroxyl groups excluding tert-OH is 1. The lowest BCUT2D eigenvalue weighted by atomic mass is 9.94. The van der Waals surface area contributed by atoms with E-state index < -0.39 is 11.9 Å². The molecule has 1 aliphatic rings. The molecule has 0 fully saturated rings. The summed E-state index contributed by atoms with van der Waals surface area (Å²) >= 11 is 12.3. The molecule has 31 heavy (non-hydrogen) atoms. The average molecular weight is 468 g/mol. The SMILES string of the molecule is CC.CCCCCC1=C(O)C(=O)N(CCCn2ccnc2)C1c1cc(Cl)cc(Cl)c1O. The third-order valence-corrected chi connectivity index (χ3v) is 5.69. The van der Waals surface area contributed by atoms with E-state index in [2.05, 4.69) is 11.9 Å². The number of aliphatic hydroxyl groups is 1. The topological polar surface area (TPSA) is 78.6 Å². The van der Waals surface area contributed by atoms with Gasteiger partial charge in [0.2, 0.25) is 0 Å². The maximum atomic E-state index is 12.9. The molecule has 3 rings (SSSR count). The van der Waals surface area contributed by atoms with Gasteiger partial charge in [-0.3, -0.25) is 4.79 Å². The third-order valence-electron chi connectivity index (χ3n) is 5.19. The Labute approximate surface area is 194 Å². The van der Waals surface area contributed by atoms with E-state index in [1.807, 2.05) is 24.6 Å². The van der Waals surface area contributed by atoms with Crippen molar-refractivity contribution in [1.29, 1.82) is 0 Å². The van der Waals surface area contributed by atoms with E-state index >= 15 is 0 Å². The Kier molecular flexibility index (Phi) is 9.72. The maximum Gasteiger partial charge on any atom is 0.289 e. The zero-order valence-corrected chi connectivity index (χ0v) is 19.8. The van der Waals surface area contributed by atoms with Gasteiger partial charge in [-0.2, -0.15) is 0 Å². The summed E-state index contributed by atoms with van der Waals surface area (Å²) in [5.41, 5.74) is 1.05. The van der Waals surface area contributed by atoms with Crippen molar-refractivity contribution >= 4 is 29.1 Å². The van der Waals surface area contributed by atoms with E-state index in [1.165, 1.54) is 6.07 Å². The van der Waals surface area contributed by atoms with Crippen LogP contribution in [0.25, 0.3) is 0 Å². The molecular formula is C23H31Cl2N3O3. The molecule has 2 heterocycles. The van der Waals surface area contributed by atoms with Crippen molar-refractivity contribution in [2.75, 3.05) is 6.54 Å². The Morgan fingerprint density at radius 1 is 1.10 bits per heavy atom. The van der Waals surface area contributed by atoms with Crippen LogP contribution in [0.1, 0.15) is 64.5 Å². The minimum atomic E-state index is -0.585. The molecule has 8 heteroatoms. The molecule has 2 aromatic rings. The van der Waals surface area contributed by atoms with Gasteiger partial charge >= 0.3 is 0 Å². The predicted molar refractivity (Wildman–Crippen MR) is 125 cm³/mol. The number of unbranched alkanes of at least 4 members (excludes halogenated alkanes) is 2. The molecule has 1 aromatic carbocycles. The molecule has 170 valence electrons. The number of amides is 1. The number of rotatable bonds is 9. The number of aromatic nitrogens is 2. The van der Waals surface area contributed by atoms with Crippen LogP contribution in [-0.2, 0) is 11.3 Å². The van der Waals surface area contributed by atoms with Crippen LogP contribution in [0.4, 0.5) is 0 Å². The fourth-order valence-electron chi connectivity index (χ4n) is 3.75. The summed E-state index contributed by atoms with van der Waals surface area (Å²) in [6.45, 7) is 7.19. The lowest BCUT2D eigenvalue weighted by Gasteiger charge is -2.28. The molecule has 0 aliphatic carbocycles. The van der Waals surface area contributed by atoms with Crippen LogP contribution in [0.15, 0.2) is 42.2 Å². The van der Waals surface area contributed by atoms with Crippen LogP contribution in [0, 0.1) is 0 Å². The molecular weight excluding hydrogens is 437 g/mol. The number of carbonyl (C=O) groups is 1. The Hall–Kier alpha value is -2.18. The molecule has 0 bridgehead atoms. The molecule has 1 aliphatic heterocycles. The summed E-state index contributed by atoms with van der Waals surface area (Å²) in [6.07, 6.45) is 9.37. The number of aryl methyl sites for hydroxylation is 1. The molecule has 6 nitrogen and oxygen atoms in total. The zero-order chi connectivity index (χ0) is 23.0. The van der Waals surface area contributed by atoms with Gasteiger partial charge in [-0.15, -0.1) is 0 Å². The molecule has 1 aromatic heterocycles. The molecule has 0 radical (unpaired) electrons. The number of nitrogens with zero attached hydrogens (tertiary/aromatic N) is 3. The van der Waals surface area contributed by atoms with Crippen LogP contribution >= 0.6 is 23.2 Å². The fraction of sp³-hybridized carbons (Fsp3) is 0.478. The largest absolute Gasteiger partial charge is 0.506 e. The molecule has 1 amide bonds. The summed E-state index contributed by atoms with van der Waals surface area (Å²) in [5, 5.41) is 21.7. The summed E-state index contributed by atoms with van der Waals surface area (Å²) in [6, 6.07) is 2.49. The Morgan fingerprint density at radius 3 is 2.48 bits per heavy atom. The van der Waals surface area contributed by atoms with Crippen LogP contribution in [-0.4, -0.2) is 37.1 Å². The number of hydrogen-bond donors (Lipinski definition) is 2. The Bertz CT molecular complexity index is 898. The van der Waals surface area contributed by atoms with Crippen molar-refractivity contribution in [3.63, 3.8) is 0 Å². The molecule has 1 atom stereocenters. The van der Waals surface area contributed by atoms with Gasteiger partial charge < -0.3 is 19.7 Å². The van der Waals surface area contributed by atoms with Gasteiger partial charge in [0.05, 0.1) is 17.4 Å². The van der Waals surface area contributed by atoms with Gasteiger partial charge in [0.15, 0.2) is 5.76 Å². The van der Waals surface area contributed by atoms with E-state index in [4.69, 9.17) is 23.2 Å². The van der Waals surface area contributed by atoms with Crippen LogP contribution in [0.5, 0.6) is 5.75 Å². The maximum absolute atomic E-state index is 12.9. The monoisotopic (exact) mass is 467 g/mol. The van der Waals surface area contributed by atoms with Crippen molar-refractivity contribution in [3.8, 4) is 5.75 Å². The standard InChI is InChI=1S/C21H25Cl2N3O3.C2H6/c1-2-3-4-6-15-18(16-11-14(22)12-17(23)19(16)27)26(21(29)20(15)28)9-5-8-25-10-7-24-13-25;1-2/h7,10-13,18,27-28H,2-6,8-9H2,1H3;1-2H3. The summed E-state index contributed by atoms with van der Waals surface area (Å²) in [5.74, 6) is -0.775. The van der Waals surface area contributed by atoms with Gasteiger partial charge in [-0.05, 0) is 31.4 Å². The van der Waals surface area contributed by atoms with E-state index in [9.17, 15) is 15.0 Å². The molecule has 0 spiro atoms. The molecule has 0 saturated carbocycles. The number of benzene rings is 1. The number of hydrogen-bond acceptors (Lipinski definition) is 4. The highest BCUT2D eigenvalue weighted by Gasteiger charge is 2.41. The number of carbonyl (C=O) groups excluding carboxylic acids is 1. The zero-order valence-electron chi connectivity index (χ0n) is 18.3. The van der Waals surface area contributed by atoms with Crippen molar-refractivity contribution < 1.29 is 15.0 Å².